The molecule has 0 saturated heterocycles. The van der Waals surface area contributed by atoms with E-state index in [1.54, 1.807) is 0 Å². The van der Waals surface area contributed by atoms with Crippen LogP contribution < -0.4 is 0 Å². The van der Waals surface area contributed by atoms with Gasteiger partial charge in [-0.3, -0.25) is 14.4 Å². The Labute approximate surface area is 98.8 Å². The molecule has 0 aromatic carbocycles. The van der Waals surface area contributed by atoms with Crippen LogP contribution in [0.3, 0.4) is 0 Å². The van der Waals surface area contributed by atoms with E-state index in [1.807, 2.05) is 6.08 Å². The van der Waals surface area contributed by atoms with E-state index >= 15 is 0 Å². The largest absolute Gasteiger partial charge is 0.281 e. The maximum atomic E-state index is 7.50. The Morgan fingerprint density at radius 2 is 1.67 bits per heavy atom. The molecular weight excluding hydrogens is 235 g/mol. The Kier molecular flexibility index (Phi) is 19.6. The number of carbonyl (C=O) groups excluding carboxylic acids is 3. The van der Waals surface area contributed by atoms with Crippen LogP contribution in [0.4, 0.5) is 0 Å². The summed E-state index contributed by atoms with van der Waals surface area (Å²) in [6, 6.07) is 0. The normalized spacial score (nSPS) is 11.7. The van der Waals surface area contributed by atoms with Crippen molar-refractivity contribution < 1.29 is 30.4 Å². The van der Waals surface area contributed by atoms with Gasteiger partial charge in [-0.2, -0.15) is 0 Å². The fourth-order valence-corrected chi connectivity index (χ4v) is 1.19. The van der Waals surface area contributed by atoms with E-state index < -0.39 is 0 Å². The van der Waals surface area contributed by atoms with Gasteiger partial charge >= 0.3 is 63.7 Å². The smallest absolute Gasteiger partial charge is 0.281 e. The quantitative estimate of drug-likeness (QED) is 0.650. The van der Waals surface area contributed by atoms with Crippen molar-refractivity contribution in [3.8, 4) is 0 Å². The standard InChI is InChI=1S/C8H9.3CO.Mn/c1-3-8-6-4-5-7(8)2;3*1-2;/h3,6H,1,4H2,2H3;;;;. The first kappa shape index (κ1) is 19.3. The van der Waals surface area contributed by atoms with E-state index in [0.29, 0.717) is 0 Å². The minimum Gasteiger partial charge on any atom is -0.281 e. The Morgan fingerprint density at radius 3 is 1.80 bits per heavy atom. The van der Waals surface area contributed by atoms with Crippen LogP contribution in [0.2, 0.25) is 0 Å². The van der Waals surface area contributed by atoms with Crippen molar-refractivity contribution in [2.75, 3.05) is 0 Å². The molecule has 0 N–H and O–H groups in total. The molecule has 0 saturated carbocycles. The van der Waals surface area contributed by atoms with Gasteiger partial charge in [-0.05, 0) is 0 Å². The molecule has 4 heteroatoms. The van der Waals surface area contributed by atoms with Crippen LogP contribution in [0.5, 0.6) is 0 Å². The maximum absolute atomic E-state index is 7.50. The first-order chi connectivity index (χ1) is 7.25. The van der Waals surface area contributed by atoms with Crippen molar-refractivity contribution in [3.05, 3.63) is 34.3 Å². The average Bonchev–Trinajstić information content (AvgIpc) is 2.67. The van der Waals surface area contributed by atoms with Gasteiger partial charge in [-0.1, -0.05) is 0 Å². The molecule has 0 amide bonds. The molecule has 0 atom stereocenters. The van der Waals surface area contributed by atoms with E-state index in [1.165, 1.54) is 15.6 Å². The minimum atomic E-state index is 1.03. The van der Waals surface area contributed by atoms with Gasteiger partial charge in [0.15, 0.2) is 0 Å². The van der Waals surface area contributed by atoms with Gasteiger partial charge in [0.05, 0.1) is 0 Å². The molecule has 3 nitrogen and oxygen atoms in total. The van der Waals surface area contributed by atoms with Crippen molar-refractivity contribution in [2.45, 2.75) is 13.3 Å². The Bertz CT molecular complexity index is 239. The molecule has 0 fully saturated rings. The van der Waals surface area contributed by atoms with E-state index in [2.05, 4.69) is 56.0 Å². The number of allylic oxidation sites excluding steroid dienone is 5. The molecule has 78 valence electrons. The van der Waals surface area contributed by atoms with Crippen molar-refractivity contribution in [1.82, 2.24) is 0 Å². The number of hydrogen-bond donors (Lipinski definition) is 0. The van der Waals surface area contributed by atoms with Gasteiger partial charge in [-0.25, -0.2) is 0 Å². The fraction of sp³-hybridized carbons (Fsp3) is 0.182. The van der Waals surface area contributed by atoms with Gasteiger partial charge in [0.1, 0.15) is 0 Å². The third kappa shape index (κ3) is 7.79. The van der Waals surface area contributed by atoms with Gasteiger partial charge < -0.3 is 0 Å². The molecule has 0 spiro atoms. The van der Waals surface area contributed by atoms with Crippen LogP contribution in [-0.2, 0) is 30.4 Å². The second kappa shape index (κ2) is 15.2. The molecule has 0 bridgehead atoms. The van der Waals surface area contributed by atoms with Gasteiger partial charge in [-0.15, -0.1) is 0 Å². The Hall–Kier alpha value is -1.25. The molecule has 15 heavy (non-hydrogen) atoms. The molecular formula is C11H9MnO3. The van der Waals surface area contributed by atoms with Crippen LogP contribution in [0.15, 0.2) is 34.3 Å². The van der Waals surface area contributed by atoms with Crippen LogP contribution in [0, 0.1) is 0 Å². The summed E-state index contributed by atoms with van der Waals surface area (Å²) in [7, 11) is 0. The van der Waals surface area contributed by atoms with Crippen LogP contribution in [0.1, 0.15) is 13.3 Å². The SMILES string of the molecule is C=CC1=CC[C]([Mn])=C1C.[C]=O.[C]=O.[C]=O. The molecule has 1 aliphatic carbocycles. The summed E-state index contributed by atoms with van der Waals surface area (Å²) in [5, 5.41) is 0. The molecule has 1 aliphatic rings. The third-order valence-electron chi connectivity index (χ3n) is 1.56. The molecule has 0 aromatic heterocycles. The van der Waals surface area contributed by atoms with Crippen molar-refractivity contribution in [1.29, 1.82) is 0 Å². The first-order valence-electron chi connectivity index (χ1n) is 3.55. The maximum Gasteiger partial charge on any atom is 0.281 e. The van der Waals surface area contributed by atoms with Crippen molar-refractivity contribution >= 4 is 20.4 Å². The molecule has 0 heterocycles. The summed E-state index contributed by atoms with van der Waals surface area (Å²) in [5.74, 6) is 0. The monoisotopic (exact) mass is 244 g/mol. The minimum absolute atomic E-state index is 1.03. The van der Waals surface area contributed by atoms with Gasteiger partial charge in [0.25, 0.3) is 20.4 Å². The molecule has 0 unspecified atom stereocenters. The van der Waals surface area contributed by atoms with Crippen LogP contribution >= 0.6 is 0 Å². The van der Waals surface area contributed by atoms with Crippen LogP contribution in [-0.4, -0.2) is 20.4 Å². The molecule has 0 aromatic rings. The molecule has 6 radical (unpaired) electrons. The zero-order chi connectivity index (χ0) is 12.9. The predicted octanol–water partition coefficient (Wildman–Crippen LogP) is 1.13. The van der Waals surface area contributed by atoms with Gasteiger partial charge in [0, 0.05) is 0 Å². The zero-order valence-electron chi connectivity index (χ0n) is 8.17. The van der Waals surface area contributed by atoms with Crippen molar-refractivity contribution in [2.24, 2.45) is 0 Å². The Balaban J connectivity index is -0.000000208. The molecule has 1 rings (SSSR count). The summed E-state index contributed by atoms with van der Waals surface area (Å²) in [6.07, 6.45) is 5.10. The van der Waals surface area contributed by atoms with E-state index in [-0.39, 0.29) is 0 Å². The van der Waals surface area contributed by atoms with E-state index in [9.17, 15) is 0 Å². The summed E-state index contributed by atoms with van der Waals surface area (Å²) >= 11 is 3.46. The van der Waals surface area contributed by atoms with E-state index in [0.717, 1.165) is 6.42 Å². The zero-order valence-corrected chi connectivity index (χ0v) is 9.35. The summed E-state index contributed by atoms with van der Waals surface area (Å²) in [4.78, 5) is 22.5. The second-order valence-electron chi connectivity index (χ2n) is 2.10. The van der Waals surface area contributed by atoms with Crippen molar-refractivity contribution in [3.63, 3.8) is 0 Å². The fourth-order valence-electron chi connectivity index (χ4n) is 0.899. The Morgan fingerprint density at radius 1 is 1.27 bits per heavy atom. The average molecular weight is 244 g/mol. The second-order valence-corrected chi connectivity index (χ2v) is 2.81. The van der Waals surface area contributed by atoms with E-state index in [4.69, 9.17) is 14.4 Å². The predicted molar refractivity (Wildman–Crippen MR) is 52.7 cm³/mol. The van der Waals surface area contributed by atoms with Gasteiger partial charge in [0.2, 0.25) is 0 Å². The molecule has 0 aliphatic heterocycles. The number of rotatable bonds is 1. The number of hydrogen-bond acceptors (Lipinski definition) is 3. The first-order valence-corrected chi connectivity index (χ1v) is 4.14. The summed E-state index contributed by atoms with van der Waals surface area (Å²) in [5.41, 5.74) is 2.59. The topological polar surface area (TPSA) is 51.2 Å². The van der Waals surface area contributed by atoms with Crippen LogP contribution in [0.25, 0.3) is 0 Å². The summed E-state index contributed by atoms with van der Waals surface area (Å²) < 4.78 is 1.29. The summed E-state index contributed by atoms with van der Waals surface area (Å²) in [6.45, 7) is 19.3. The third-order valence-corrected chi connectivity index (χ3v) is 2.24.